The topological polar surface area (TPSA) is 74.6 Å². The van der Waals surface area contributed by atoms with Crippen molar-refractivity contribution in [2.24, 2.45) is 28.6 Å². The molecular formula is C21H26F2O4S. The Balaban J connectivity index is 1.88. The molecule has 3 fully saturated rings. The Morgan fingerprint density at radius 1 is 1.29 bits per heavy atom. The predicted octanol–water partition coefficient (Wildman–Crippen LogP) is 2.74. The van der Waals surface area contributed by atoms with Crippen LogP contribution >= 0.6 is 12.6 Å². The molecule has 4 rings (SSSR count). The fraction of sp³-hybridized carbons (Fsp3) is 0.714. The first-order valence-electron chi connectivity index (χ1n) is 9.76. The lowest BCUT2D eigenvalue weighted by atomic mass is 9.44. The number of aliphatic hydroxyl groups is 2. The molecule has 0 bridgehead atoms. The number of carbonyl (C=O) groups is 2. The van der Waals surface area contributed by atoms with Gasteiger partial charge in [0.1, 0.15) is 11.8 Å². The zero-order valence-electron chi connectivity index (χ0n) is 16.2. The first-order chi connectivity index (χ1) is 12.8. The van der Waals surface area contributed by atoms with Crippen LogP contribution < -0.4 is 0 Å². The van der Waals surface area contributed by atoms with Gasteiger partial charge < -0.3 is 10.2 Å². The highest BCUT2D eigenvalue weighted by molar-refractivity contribution is 7.96. The smallest absolute Gasteiger partial charge is 0.218 e. The summed E-state index contributed by atoms with van der Waals surface area (Å²) in [5, 5.41) is 21.6. The molecule has 0 aromatic heterocycles. The summed E-state index contributed by atoms with van der Waals surface area (Å²) in [6.45, 7) is 4.92. The van der Waals surface area contributed by atoms with Crippen LogP contribution in [0.1, 0.15) is 40.0 Å². The first-order valence-corrected chi connectivity index (χ1v) is 10.2. The van der Waals surface area contributed by atoms with E-state index in [0.717, 1.165) is 6.08 Å². The number of ketones is 1. The van der Waals surface area contributed by atoms with Crippen LogP contribution in [0.15, 0.2) is 23.8 Å². The van der Waals surface area contributed by atoms with E-state index in [4.69, 9.17) is 0 Å². The minimum atomic E-state index is -2.20. The fourth-order valence-electron chi connectivity index (χ4n) is 7.00. The number of fused-ring (bicyclic) bond motifs is 5. The predicted molar refractivity (Wildman–Crippen MR) is 102 cm³/mol. The largest absolute Gasteiger partial charge is 0.390 e. The van der Waals surface area contributed by atoms with Crippen molar-refractivity contribution in [3.63, 3.8) is 0 Å². The Morgan fingerprint density at radius 2 is 1.93 bits per heavy atom. The van der Waals surface area contributed by atoms with Gasteiger partial charge in [-0.05, 0) is 55.7 Å². The third-order valence-corrected chi connectivity index (χ3v) is 8.88. The third kappa shape index (κ3) is 2.03. The lowest BCUT2D eigenvalue weighted by Crippen LogP contribution is -2.70. The van der Waals surface area contributed by atoms with E-state index in [-0.39, 0.29) is 18.4 Å². The maximum absolute atomic E-state index is 16.8. The highest BCUT2D eigenvalue weighted by Gasteiger charge is 2.76. The van der Waals surface area contributed by atoms with E-state index in [2.05, 4.69) is 12.6 Å². The number of allylic oxidation sites excluding steroid dienone is 4. The van der Waals surface area contributed by atoms with Crippen molar-refractivity contribution < 1.29 is 28.6 Å². The van der Waals surface area contributed by atoms with Crippen molar-refractivity contribution >= 4 is 23.5 Å². The molecule has 7 heteroatoms. The number of rotatable bonds is 1. The molecule has 154 valence electrons. The minimum absolute atomic E-state index is 0.0629. The Bertz CT molecular complexity index is 827. The summed E-state index contributed by atoms with van der Waals surface area (Å²) < 4.78 is 32.0. The van der Waals surface area contributed by atoms with Gasteiger partial charge >= 0.3 is 0 Å². The lowest BCUT2D eigenvalue weighted by Gasteiger charge is -2.62. The van der Waals surface area contributed by atoms with E-state index in [1.54, 1.807) is 13.8 Å². The number of aliphatic hydroxyl groups excluding tert-OH is 1. The number of hydrogen-bond donors (Lipinski definition) is 3. The van der Waals surface area contributed by atoms with Gasteiger partial charge in [-0.2, -0.15) is 0 Å². The summed E-state index contributed by atoms with van der Waals surface area (Å²) in [5.74, 6) is -2.29. The monoisotopic (exact) mass is 412 g/mol. The number of hydrogen-bond acceptors (Lipinski definition) is 4. The molecule has 0 spiro atoms. The van der Waals surface area contributed by atoms with Crippen LogP contribution in [0, 0.1) is 28.6 Å². The van der Waals surface area contributed by atoms with E-state index in [9.17, 15) is 19.8 Å². The van der Waals surface area contributed by atoms with Gasteiger partial charge in [0.05, 0.1) is 6.10 Å². The molecule has 0 aliphatic heterocycles. The Labute approximate surface area is 168 Å². The fourth-order valence-corrected chi connectivity index (χ4v) is 7.47. The maximum Gasteiger partial charge on any atom is 0.218 e. The molecule has 5 unspecified atom stereocenters. The summed E-state index contributed by atoms with van der Waals surface area (Å²) in [6.07, 6.45) is 0.703. The van der Waals surface area contributed by atoms with Gasteiger partial charge in [0.25, 0.3) is 0 Å². The van der Waals surface area contributed by atoms with Gasteiger partial charge in [-0.1, -0.05) is 19.9 Å². The second-order valence-electron chi connectivity index (χ2n) is 9.57. The zero-order valence-corrected chi connectivity index (χ0v) is 17.0. The van der Waals surface area contributed by atoms with Gasteiger partial charge in [-0.15, -0.1) is 12.6 Å². The standard InChI is InChI=1S/C21H26F2O4S/c1-10-6-12-13-8-15(22)14-7-11(24)4-5-18(14,2)20(13,23)16(25)9-19(12,3)21(10,27)17(26)28/h4-5,7,10,12-13,15-16,25,27H,6,8-9H2,1-3H3,(H,26,28)/t10?,12?,13-,15?,16-,18-,19-,20?,21?/m0/s1. The van der Waals surface area contributed by atoms with Crippen LogP contribution in [0.25, 0.3) is 0 Å². The highest BCUT2D eigenvalue weighted by atomic mass is 32.1. The second-order valence-corrected chi connectivity index (χ2v) is 9.97. The van der Waals surface area contributed by atoms with Crippen molar-refractivity contribution in [1.82, 2.24) is 0 Å². The average Bonchev–Trinajstić information content (AvgIpc) is 2.81. The average molecular weight is 412 g/mol. The second kappa shape index (κ2) is 5.76. The summed E-state index contributed by atoms with van der Waals surface area (Å²) >= 11 is 3.90. The molecule has 9 atom stereocenters. The Kier molecular flexibility index (Phi) is 4.16. The van der Waals surface area contributed by atoms with Gasteiger partial charge in [-0.25, -0.2) is 8.78 Å². The SMILES string of the molecule is CC1CC2[C@@H]3CC(F)C4=CC(=O)C=C[C@]4(C)C3(F)[C@@H](O)C[C@]2(C)C1(O)C(=O)S. The summed E-state index contributed by atoms with van der Waals surface area (Å²) in [5.41, 5.74) is -6.53. The van der Waals surface area contributed by atoms with Gasteiger partial charge in [0.15, 0.2) is 11.5 Å². The van der Waals surface area contributed by atoms with E-state index in [0.29, 0.717) is 6.42 Å². The van der Waals surface area contributed by atoms with E-state index in [1.807, 2.05) is 0 Å². The number of alkyl halides is 2. The van der Waals surface area contributed by atoms with Crippen molar-refractivity contribution in [3.8, 4) is 0 Å². The number of halogens is 2. The summed E-state index contributed by atoms with van der Waals surface area (Å²) in [4.78, 5) is 24.1. The lowest BCUT2D eigenvalue weighted by molar-refractivity contribution is -0.221. The van der Waals surface area contributed by atoms with Crippen molar-refractivity contribution in [2.45, 2.75) is 63.6 Å². The molecule has 0 heterocycles. The third-order valence-electron chi connectivity index (χ3n) is 8.54. The summed E-state index contributed by atoms with van der Waals surface area (Å²) in [6, 6.07) is 0. The van der Waals surface area contributed by atoms with Gasteiger partial charge in [0.2, 0.25) is 5.12 Å². The Morgan fingerprint density at radius 3 is 2.54 bits per heavy atom. The zero-order chi connectivity index (χ0) is 20.9. The van der Waals surface area contributed by atoms with Crippen molar-refractivity contribution in [1.29, 1.82) is 0 Å². The van der Waals surface area contributed by atoms with Crippen molar-refractivity contribution in [2.75, 3.05) is 0 Å². The molecule has 0 amide bonds. The van der Waals surface area contributed by atoms with Crippen molar-refractivity contribution in [3.05, 3.63) is 23.8 Å². The van der Waals surface area contributed by atoms with Crippen LogP contribution in [-0.2, 0) is 9.59 Å². The first kappa shape index (κ1) is 20.2. The molecule has 3 saturated carbocycles. The normalized spacial score (nSPS) is 55.2. The Hall–Kier alpha value is -1.05. The highest BCUT2D eigenvalue weighted by Crippen LogP contribution is 2.71. The van der Waals surface area contributed by atoms with E-state index >= 15 is 8.78 Å². The van der Waals surface area contributed by atoms with E-state index < -0.39 is 63.0 Å². The van der Waals surface area contributed by atoms with Crippen LogP contribution in [0.5, 0.6) is 0 Å². The number of thiol groups is 1. The molecular weight excluding hydrogens is 386 g/mol. The van der Waals surface area contributed by atoms with Gasteiger partial charge in [-0.3, -0.25) is 9.59 Å². The minimum Gasteiger partial charge on any atom is -0.390 e. The van der Waals surface area contributed by atoms with Gasteiger partial charge in [0, 0.05) is 16.7 Å². The van der Waals surface area contributed by atoms with Crippen LogP contribution in [0.3, 0.4) is 0 Å². The molecule has 4 nitrogen and oxygen atoms in total. The molecule has 0 radical (unpaired) electrons. The molecule has 0 aromatic rings. The molecule has 28 heavy (non-hydrogen) atoms. The quantitative estimate of drug-likeness (QED) is 0.579. The van der Waals surface area contributed by atoms with Crippen LogP contribution in [0.4, 0.5) is 8.78 Å². The molecule has 2 N–H and O–H groups in total. The van der Waals surface area contributed by atoms with Crippen LogP contribution in [-0.4, -0.2) is 44.7 Å². The summed E-state index contributed by atoms with van der Waals surface area (Å²) in [7, 11) is 0. The number of carbonyl (C=O) groups excluding carboxylic acids is 2. The molecule has 4 aliphatic carbocycles. The molecule has 0 saturated heterocycles. The van der Waals surface area contributed by atoms with E-state index in [1.165, 1.54) is 19.1 Å². The molecule has 4 aliphatic rings. The van der Waals surface area contributed by atoms with Crippen LogP contribution in [0.2, 0.25) is 0 Å². The molecule has 0 aromatic carbocycles. The maximum atomic E-state index is 16.8.